The van der Waals surface area contributed by atoms with Gasteiger partial charge in [0.15, 0.2) is 0 Å². The molecule has 6 nitrogen and oxygen atoms in total. The Morgan fingerprint density at radius 2 is 1.88 bits per heavy atom. The van der Waals surface area contributed by atoms with Crippen molar-refractivity contribution in [1.29, 1.82) is 0 Å². The van der Waals surface area contributed by atoms with Crippen molar-refractivity contribution < 1.29 is 13.9 Å². The highest BCUT2D eigenvalue weighted by Crippen LogP contribution is 2.26. The van der Waals surface area contributed by atoms with E-state index in [1.54, 1.807) is 10.8 Å². The van der Waals surface area contributed by atoms with Gasteiger partial charge >= 0.3 is 0 Å². The fourth-order valence-electron chi connectivity index (χ4n) is 3.67. The summed E-state index contributed by atoms with van der Waals surface area (Å²) in [4.78, 5) is 13.5. The van der Waals surface area contributed by atoms with Crippen LogP contribution in [0.3, 0.4) is 0 Å². The van der Waals surface area contributed by atoms with Gasteiger partial charge in [-0.1, -0.05) is 18.2 Å². The summed E-state index contributed by atoms with van der Waals surface area (Å²) in [5, 5.41) is 4.36. The summed E-state index contributed by atoms with van der Waals surface area (Å²) in [5.41, 5.74) is 1.50. The predicted molar refractivity (Wildman–Crippen MR) is 125 cm³/mol. The zero-order chi connectivity index (χ0) is 22.3. The van der Waals surface area contributed by atoms with Crippen molar-refractivity contribution >= 4 is 10.9 Å². The van der Waals surface area contributed by atoms with E-state index < -0.39 is 0 Å². The molecule has 32 heavy (non-hydrogen) atoms. The monoisotopic (exact) mass is 432 g/mol. The zero-order valence-corrected chi connectivity index (χ0v) is 18.4. The minimum absolute atomic E-state index is 0.0338. The molecule has 0 bridgehead atoms. The maximum Gasteiger partial charge on any atom is 0.255 e. The molecular formula is C26H28N2O4. The Balaban J connectivity index is 1.68. The van der Waals surface area contributed by atoms with Gasteiger partial charge in [-0.05, 0) is 61.7 Å². The quantitative estimate of drug-likeness (QED) is 0.346. The molecule has 1 unspecified atom stereocenters. The van der Waals surface area contributed by atoms with Crippen LogP contribution < -0.4 is 15.6 Å². The number of hydrogen-bond acceptors (Lipinski definition) is 5. The largest absolute Gasteiger partial charge is 0.468 e. The van der Waals surface area contributed by atoms with Crippen molar-refractivity contribution in [3.05, 3.63) is 94.7 Å². The first-order chi connectivity index (χ1) is 15.7. The second-order valence-corrected chi connectivity index (χ2v) is 7.57. The average Bonchev–Trinajstić information content (AvgIpc) is 3.33. The fraction of sp³-hybridized carbons (Fsp3) is 0.269. The van der Waals surface area contributed by atoms with Gasteiger partial charge in [0.2, 0.25) is 0 Å². The third-order valence-electron chi connectivity index (χ3n) is 5.37. The van der Waals surface area contributed by atoms with Crippen LogP contribution in [0.2, 0.25) is 0 Å². The number of rotatable bonds is 10. The summed E-state index contributed by atoms with van der Waals surface area (Å²) in [6.45, 7) is 6.03. The van der Waals surface area contributed by atoms with Gasteiger partial charge in [0.05, 0.1) is 24.9 Å². The number of aromatic nitrogens is 1. The molecule has 4 rings (SSSR count). The molecule has 1 atom stereocenters. The van der Waals surface area contributed by atoms with Crippen LogP contribution in [0.4, 0.5) is 0 Å². The molecule has 0 saturated heterocycles. The molecule has 0 aliphatic carbocycles. The van der Waals surface area contributed by atoms with Crippen molar-refractivity contribution in [2.75, 3.05) is 13.2 Å². The van der Waals surface area contributed by atoms with E-state index >= 15 is 0 Å². The Labute approximate surface area is 187 Å². The number of ether oxygens (including phenoxy) is 2. The fourth-order valence-corrected chi connectivity index (χ4v) is 3.67. The molecule has 0 amide bonds. The lowest BCUT2D eigenvalue weighted by Gasteiger charge is -2.18. The van der Waals surface area contributed by atoms with Gasteiger partial charge in [-0.15, -0.1) is 0 Å². The van der Waals surface area contributed by atoms with Crippen molar-refractivity contribution in [2.24, 2.45) is 0 Å². The van der Waals surface area contributed by atoms with Gasteiger partial charge < -0.3 is 23.8 Å². The van der Waals surface area contributed by atoms with Gasteiger partial charge in [0, 0.05) is 30.8 Å². The van der Waals surface area contributed by atoms with Crippen LogP contribution in [-0.2, 0) is 17.8 Å². The average molecular weight is 433 g/mol. The van der Waals surface area contributed by atoms with E-state index in [0.717, 1.165) is 22.4 Å². The second-order valence-electron chi connectivity index (χ2n) is 7.57. The Morgan fingerprint density at radius 3 is 2.62 bits per heavy atom. The summed E-state index contributed by atoms with van der Waals surface area (Å²) < 4.78 is 18.7. The normalized spacial score (nSPS) is 12.2. The lowest BCUT2D eigenvalue weighted by molar-refractivity contribution is 0.139. The zero-order valence-electron chi connectivity index (χ0n) is 18.4. The first kappa shape index (κ1) is 21.9. The van der Waals surface area contributed by atoms with Gasteiger partial charge in [0.1, 0.15) is 17.3 Å². The first-order valence-corrected chi connectivity index (χ1v) is 10.9. The molecule has 6 heteroatoms. The molecular weight excluding hydrogens is 404 g/mol. The van der Waals surface area contributed by atoms with Crippen LogP contribution in [0, 0.1) is 0 Å². The van der Waals surface area contributed by atoms with Crippen LogP contribution in [0.25, 0.3) is 10.9 Å². The van der Waals surface area contributed by atoms with E-state index in [0.29, 0.717) is 37.6 Å². The topological polar surface area (TPSA) is 65.6 Å². The molecule has 0 saturated carbocycles. The summed E-state index contributed by atoms with van der Waals surface area (Å²) in [5.74, 6) is 2.27. The molecule has 2 aromatic carbocycles. The Bertz CT molecular complexity index is 1200. The Kier molecular flexibility index (Phi) is 7.04. The molecule has 4 aromatic rings. The second kappa shape index (κ2) is 10.3. The maximum atomic E-state index is 13.5. The maximum absolute atomic E-state index is 13.5. The molecule has 0 fully saturated rings. The van der Waals surface area contributed by atoms with Gasteiger partial charge in [-0.3, -0.25) is 4.79 Å². The van der Waals surface area contributed by atoms with Crippen LogP contribution in [0.1, 0.15) is 31.2 Å². The molecule has 2 aromatic heterocycles. The number of furan rings is 1. The summed E-state index contributed by atoms with van der Waals surface area (Å²) >= 11 is 0. The standard InChI is InChI=1S/C26H28N2O4/c1-3-30-15-13-28-25-17-22(32-21-8-5-4-6-9-21)12-11-20(25)16-24(26(28)29)19(2)27-18-23-10-7-14-31-23/h4-12,14,16-17,19,27H,3,13,15,18H2,1-2H3. The predicted octanol–water partition coefficient (Wildman–Crippen LogP) is 5.27. The highest BCUT2D eigenvalue weighted by atomic mass is 16.5. The molecule has 0 spiro atoms. The number of hydrogen-bond donors (Lipinski definition) is 1. The lowest BCUT2D eigenvalue weighted by Crippen LogP contribution is -2.31. The van der Waals surface area contributed by atoms with E-state index in [4.69, 9.17) is 13.9 Å². The Hall–Kier alpha value is -3.35. The lowest BCUT2D eigenvalue weighted by atomic mass is 10.1. The summed E-state index contributed by atoms with van der Waals surface area (Å²) in [6.07, 6.45) is 1.65. The summed E-state index contributed by atoms with van der Waals surface area (Å²) in [7, 11) is 0. The van der Waals surface area contributed by atoms with Crippen molar-refractivity contribution in [2.45, 2.75) is 33.0 Å². The smallest absolute Gasteiger partial charge is 0.255 e. The van der Waals surface area contributed by atoms with Gasteiger partial charge in [0.25, 0.3) is 5.56 Å². The van der Waals surface area contributed by atoms with Crippen LogP contribution in [-0.4, -0.2) is 17.8 Å². The minimum Gasteiger partial charge on any atom is -0.468 e. The van der Waals surface area contributed by atoms with Crippen molar-refractivity contribution in [3.63, 3.8) is 0 Å². The van der Waals surface area contributed by atoms with E-state index in [2.05, 4.69) is 5.32 Å². The van der Waals surface area contributed by atoms with E-state index in [9.17, 15) is 4.79 Å². The van der Waals surface area contributed by atoms with Crippen molar-refractivity contribution in [1.82, 2.24) is 9.88 Å². The number of nitrogens with zero attached hydrogens (tertiary/aromatic N) is 1. The van der Waals surface area contributed by atoms with E-state index in [1.165, 1.54) is 0 Å². The van der Waals surface area contributed by atoms with Crippen LogP contribution >= 0.6 is 0 Å². The highest BCUT2D eigenvalue weighted by molar-refractivity contribution is 5.81. The van der Waals surface area contributed by atoms with Crippen LogP contribution in [0.15, 0.2) is 82.2 Å². The van der Waals surface area contributed by atoms with E-state index in [-0.39, 0.29) is 11.6 Å². The van der Waals surface area contributed by atoms with E-state index in [1.807, 2.05) is 80.6 Å². The minimum atomic E-state index is -0.143. The molecule has 0 aliphatic rings. The number of fused-ring (bicyclic) bond motifs is 1. The van der Waals surface area contributed by atoms with Gasteiger partial charge in [-0.2, -0.15) is 0 Å². The number of benzene rings is 2. The highest BCUT2D eigenvalue weighted by Gasteiger charge is 2.16. The van der Waals surface area contributed by atoms with Gasteiger partial charge in [-0.25, -0.2) is 0 Å². The molecule has 1 N–H and O–H groups in total. The molecule has 2 heterocycles. The third-order valence-corrected chi connectivity index (χ3v) is 5.37. The molecule has 166 valence electrons. The third kappa shape index (κ3) is 5.10. The summed E-state index contributed by atoms with van der Waals surface area (Å²) in [6, 6.07) is 21.0. The molecule has 0 radical (unpaired) electrons. The first-order valence-electron chi connectivity index (χ1n) is 10.9. The number of para-hydroxylation sites is 1. The van der Waals surface area contributed by atoms with Crippen molar-refractivity contribution in [3.8, 4) is 11.5 Å². The van der Waals surface area contributed by atoms with Crippen LogP contribution in [0.5, 0.6) is 11.5 Å². The molecule has 0 aliphatic heterocycles. The number of nitrogens with one attached hydrogen (secondary N) is 1. The number of pyridine rings is 1. The Morgan fingerprint density at radius 1 is 1.03 bits per heavy atom. The SMILES string of the molecule is CCOCCn1c(=O)c(C(C)NCc2ccco2)cc2ccc(Oc3ccccc3)cc21.